The highest BCUT2D eigenvalue weighted by molar-refractivity contribution is 5.72. The maximum Gasteiger partial charge on any atom is 0.362 e. The molecule has 356 valence electrons. The number of carboxylic acids is 1. The number of likely N-dealkylation sites (N-methyl/N-ethyl adjacent to an activating group) is 1. The van der Waals surface area contributed by atoms with E-state index in [0.717, 1.165) is 83.5 Å². The number of hydrogen-bond donors (Lipinski definition) is 1. The molecule has 0 saturated heterocycles. The van der Waals surface area contributed by atoms with Crippen LogP contribution in [0.25, 0.3) is 0 Å². The molecule has 1 N–H and O–H groups in total. The molecule has 0 aromatic rings. The van der Waals surface area contributed by atoms with Crippen LogP contribution in [0.5, 0.6) is 0 Å². The summed E-state index contributed by atoms with van der Waals surface area (Å²) in [5.41, 5.74) is 0. The Kier molecular flexibility index (Phi) is 41.8. The van der Waals surface area contributed by atoms with Gasteiger partial charge in [-0.25, -0.2) is 4.79 Å². The molecule has 0 aliphatic heterocycles. The van der Waals surface area contributed by atoms with E-state index in [9.17, 15) is 19.5 Å². The molecule has 0 saturated carbocycles. The topological polar surface area (TPSA) is 99.1 Å². The number of aliphatic carboxylic acids is 1. The average Bonchev–Trinajstić information content (AvgIpc) is 3.24. The van der Waals surface area contributed by atoms with Crippen molar-refractivity contribution in [2.24, 2.45) is 0 Å². The highest BCUT2D eigenvalue weighted by Gasteiger charge is 2.31. The summed E-state index contributed by atoms with van der Waals surface area (Å²) in [6.07, 6.45) is 61.6. The number of carbonyl (C=O) groups is 3. The molecule has 2 unspecified atom stereocenters. The van der Waals surface area contributed by atoms with Gasteiger partial charge in [-0.05, 0) is 83.5 Å². The van der Waals surface area contributed by atoms with Gasteiger partial charge in [-0.3, -0.25) is 9.59 Å². The van der Waals surface area contributed by atoms with E-state index in [2.05, 4.69) is 111 Å². The Morgan fingerprint density at radius 2 is 0.873 bits per heavy atom. The standard InChI is InChI=1S/C55H89NO7/c1-6-8-10-12-14-16-18-20-22-24-25-26-27-28-29-30-32-33-35-37-39-41-43-45-53(57)62-50-51(49-61-48-47-52(55(59)60)56(3,4)5)63-54(58)46-44-42-40-38-36-34-31-23-21-19-17-15-13-11-9-7-2/h8-11,14-17,20-23,25-26,34,36,40,42,51-52H,6-7,12-13,18-19,24,27-33,35,37-39,41,43-50H2,1-5H3/p+1/b10-8+,11-9+,16-14+,17-15+,22-20+,23-21+,26-25+,36-34+,42-40+. The molecule has 0 bridgehead atoms. The fourth-order valence-corrected chi connectivity index (χ4v) is 6.48. The Morgan fingerprint density at radius 1 is 0.476 bits per heavy atom. The van der Waals surface area contributed by atoms with E-state index >= 15 is 0 Å². The smallest absolute Gasteiger partial charge is 0.362 e. The molecular weight excluding hydrogens is 787 g/mol. The van der Waals surface area contributed by atoms with Crippen molar-refractivity contribution in [3.05, 3.63) is 109 Å². The summed E-state index contributed by atoms with van der Waals surface area (Å²) >= 11 is 0. The summed E-state index contributed by atoms with van der Waals surface area (Å²) in [5, 5.41) is 9.64. The van der Waals surface area contributed by atoms with Gasteiger partial charge >= 0.3 is 17.9 Å². The number of hydrogen-bond acceptors (Lipinski definition) is 6. The summed E-state index contributed by atoms with van der Waals surface area (Å²) in [5.74, 6) is -1.59. The van der Waals surface area contributed by atoms with Crippen LogP contribution in [0, 0.1) is 0 Å². The Hall–Kier alpha value is -4.01. The summed E-state index contributed by atoms with van der Waals surface area (Å²) in [6, 6.07) is -0.635. The van der Waals surface area contributed by atoms with Crippen molar-refractivity contribution in [1.29, 1.82) is 0 Å². The quantitative estimate of drug-likeness (QED) is 0.0282. The van der Waals surface area contributed by atoms with Gasteiger partial charge in [0.25, 0.3) is 0 Å². The van der Waals surface area contributed by atoms with E-state index in [1.807, 2.05) is 33.3 Å². The molecule has 0 radical (unpaired) electrons. The molecular formula is C55H90NO7+. The van der Waals surface area contributed by atoms with Crippen molar-refractivity contribution < 1.29 is 38.2 Å². The SMILES string of the molecule is CC/C=C/C/C=C/C/C=C/C/C=C/C/C=C/CCC(=O)OC(COCCC(C(=O)O)[N+](C)(C)C)COC(=O)CCCCCCCCCCCC/C=C/C/C=C/C/C=C/C/C=C/CC. The van der Waals surface area contributed by atoms with Crippen LogP contribution in [0.4, 0.5) is 0 Å². The van der Waals surface area contributed by atoms with E-state index in [0.29, 0.717) is 19.3 Å². The summed E-state index contributed by atoms with van der Waals surface area (Å²) in [4.78, 5) is 37.1. The van der Waals surface area contributed by atoms with Gasteiger partial charge < -0.3 is 23.8 Å². The minimum Gasteiger partial charge on any atom is -0.477 e. The maximum absolute atomic E-state index is 12.7. The van der Waals surface area contributed by atoms with E-state index in [4.69, 9.17) is 14.2 Å². The van der Waals surface area contributed by atoms with Crippen molar-refractivity contribution in [3.8, 4) is 0 Å². The zero-order valence-corrected chi connectivity index (χ0v) is 40.5. The van der Waals surface area contributed by atoms with Crippen LogP contribution in [0.15, 0.2) is 109 Å². The molecule has 2 atom stereocenters. The first-order valence-electron chi connectivity index (χ1n) is 24.4. The molecule has 63 heavy (non-hydrogen) atoms. The zero-order chi connectivity index (χ0) is 46.3. The Balaban J connectivity index is 4.35. The first-order valence-corrected chi connectivity index (χ1v) is 24.4. The highest BCUT2D eigenvalue weighted by atomic mass is 16.6. The second kappa shape index (κ2) is 44.6. The fraction of sp³-hybridized carbons (Fsp3) is 0.618. The van der Waals surface area contributed by atoms with Crippen LogP contribution in [0.3, 0.4) is 0 Å². The fourth-order valence-electron chi connectivity index (χ4n) is 6.48. The molecule has 0 fully saturated rings. The molecule has 8 nitrogen and oxygen atoms in total. The molecule has 0 rings (SSSR count). The monoisotopic (exact) mass is 877 g/mol. The lowest BCUT2D eigenvalue weighted by Crippen LogP contribution is -2.50. The molecule has 8 heteroatoms. The largest absolute Gasteiger partial charge is 0.477 e. The first-order chi connectivity index (χ1) is 30.6. The van der Waals surface area contributed by atoms with Crippen molar-refractivity contribution in [1.82, 2.24) is 0 Å². The molecule has 0 aromatic heterocycles. The first kappa shape index (κ1) is 59.0. The minimum atomic E-state index is -0.891. The molecule has 0 spiro atoms. The van der Waals surface area contributed by atoms with E-state index in [-0.39, 0.29) is 36.7 Å². The van der Waals surface area contributed by atoms with Crippen molar-refractivity contribution in [3.63, 3.8) is 0 Å². The van der Waals surface area contributed by atoms with Gasteiger partial charge in [0.2, 0.25) is 0 Å². The normalized spacial score (nSPS) is 13.9. The minimum absolute atomic E-state index is 0.0233. The van der Waals surface area contributed by atoms with E-state index in [1.165, 1.54) is 44.9 Å². The van der Waals surface area contributed by atoms with Crippen molar-refractivity contribution in [2.75, 3.05) is 41.0 Å². The highest BCUT2D eigenvalue weighted by Crippen LogP contribution is 2.14. The number of ether oxygens (including phenoxy) is 3. The van der Waals surface area contributed by atoms with Crippen LogP contribution in [0.1, 0.15) is 168 Å². The maximum atomic E-state index is 12.7. The number of carbonyl (C=O) groups excluding carboxylic acids is 2. The molecule has 0 heterocycles. The van der Waals surface area contributed by atoms with Gasteiger partial charge in [0, 0.05) is 19.3 Å². The Labute approximate surface area is 385 Å². The van der Waals surface area contributed by atoms with Gasteiger partial charge in [-0.1, -0.05) is 175 Å². The predicted octanol–water partition coefficient (Wildman–Crippen LogP) is 14.0. The second-order valence-electron chi connectivity index (χ2n) is 17.0. The third-order valence-electron chi connectivity index (χ3n) is 10.2. The number of quaternary nitrogens is 1. The van der Waals surface area contributed by atoms with Gasteiger partial charge in [0.05, 0.1) is 34.4 Å². The molecule has 0 aliphatic carbocycles. The van der Waals surface area contributed by atoms with Crippen LogP contribution in [0.2, 0.25) is 0 Å². The number of unbranched alkanes of at least 4 members (excludes halogenated alkanes) is 10. The van der Waals surface area contributed by atoms with Crippen LogP contribution < -0.4 is 0 Å². The van der Waals surface area contributed by atoms with Gasteiger partial charge in [-0.15, -0.1) is 0 Å². The predicted molar refractivity (Wildman–Crippen MR) is 266 cm³/mol. The summed E-state index contributed by atoms with van der Waals surface area (Å²) in [6.45, 7) is 4.41. The Morgan fingerprint density at radius 3 is 1.30 bits per heavy atom. The third kappa shape index (κ3) is 43.0. The van der Waals surface area contributed by atoms with Crippen LogP contribution in [-0.4, -0.2) is 80.6 Å². The number of allylic oxidation sites excluding steroid dienone is 18. The van der Waals surface area contributed by atoms with E-state index < -0.39 is 24.1 Å². The number of nitrogens with zero attached hydrogens (tertiary/aromatic N) is 1. The zero-order valence-electron chi connectivity index (χ0n) is 40.5. The second-order valence-corrected chi connectivity index (χ2v) is 17.0. The molecule has 0 amide bonds. The lowest BCUT2D eigenvalue weighted by Gasteiger charge is -2.31. The number of carboxylic acid groups (broad SMARTS) is 1. The lowest BCUT2D eigenvalue weighted by atomic mass is 10.1. The lowest BCUT2D eigenvalue weighted by molar-refractivity contribution is -0.887. The van der Waals surface area contributed by atoms with Gasteiger partial charge in [0.15, 0.2) is 12.1 Å². The van der Waals surface area contributed by atoms with Crippen molar-refractivity contribution >= 4 is 17.9 Å². The van der Waals surface area contributed by atoms with E-state index in [1.54, 1.807) is 0 Å². The van der Waals surface area contributed by atoms with Gasteiger partial charge in [-0.2, -0.15) is 0 Å². The summed E-state index contributed by atoms with van der Waals surface area (Å²) in [7, 11) is 5.49. The number of rotatable bonds is 42. The Bertz CT molecular complexity index is 1390. The van der Waals surface area contributed by atoms with Crippen LogP contribution in [-0.2, 0) is 28.6 Å². The summed E-state index contributed by atoms with van der Waals surface area (Å²) < 4.78 is 17.2. The van der Waals surface area contributed by atoms with Crippen LogP contribution >= 0.6 is 0 Å². The molecule has 0 aromatic carbocycles. The molecule has 0 aliphatic rings. The van der Waals surface area contributed by atoms with Gasteiger partial charge in [0.1, 0.15) is 6.61 Å². The average molecular weight is 877 g/mol. The van der Waals surface area contributed by atoms with Crippen molar-refractivity contribution in [2.45, 2.75) is 180 Å². The number of esters is 2. The third-order valence-corrected chi connectivity index (χ3v) is 10.2.